The number of aryl methyl sites for hydroxylation is 1. The average Bonchev–Trinajstić information content (AvgIpc) is 3.58. The molecule has 3 rings (SSSR count). The highest BCUT2D eigenvalue weighted by molar-refractivity contribution is 5.98. The predicted octanol–water partition coefficient (Wildman–Crippen LogP) is 2.75. The van der Waals surface area contributed by atoms with E-state index in [-0.39, 0.29) is 11.6 Å². The van der Waals surface area contributed by atoms with Gasteiger partial charge in [-0.1, -0.05) is 12.1 Å². The molecule has 0 spiro atoms. The number of ether oxygens (including phenoxy) is 2. The maximum atomic E-state index is 12.2. The molecule has 1 aliphatic carbocycles. The zero-order valence-corrected chi connectivity index (χ0v) is 17.2. The third-order valence-electron chi connectivity index (χ3n) is 5.59. The van der Waals surface area contributed by atoms with Crippen LogP contribution in [0.25, 0.3) is 0 Å². The summed E-state index contributed by atoms with van der Waals surface area (Å²) < 4.78 is 9.32. The summed E-state index contributed by atoms with van der Waals surface area (Å²) in [6.07, 6.45) is 5.08. The SMILES string of the molecule is COC(=O)/C=C(/Nc1ccc(C2CCN(C(=O)C3CC3)CC2)cc1C)C(=O)OC. The van der Waals surface area contributed by atoms with Gasteiger partial charge in [-0.3, -0.25) is 4.79 Å². The maximum Gasteiger partial charge on any atom is 0.354 e. The highest BCUT2D eigenvalue weighted by Gasteiger charge is 2.35. The first-order valence-corrected chi connectivity index (χ1v) is 9.97. The van der Waals surface area contributed by atoms with E-state index in [1.54, 1.807) is 0 Å². The predicted molar refractivity (Wildman–Crippen MR) is 108 cm³/mol. The minimum Gasteiger partial charge on any atom is -0.466 e. The molecule has 1 saturated carbocycles. The third-order valence-corrected chi connectivity index (χ3v) is 5.59. The zero-order chi connectivity index (χ0) is 21.0. The number of nitrogens with zero attached hydrogens (tertiary/aromatic N) is 1. The molecule has 2 aliphatic rings. The number of carbonyl (C=O) groups is 3. The normalized spacial score (nSPS) is 17.6. The number of hydrogen-bond donors (Lipinski definition) is 1. The van der Waals surface area contributed by atoms with Gasteiger partial charge in [-0.05, 0) is 55.7 Å². The van der Waals surface area contributed by atoms with E-state index in [4.69, 9.17) is 4.74 Å². The lowest BCUT2D eigenvalue weighted by molar-refractivity contribution is -0.138. The summed E-state index contributed by atoms with van der Waals surface area (Å²) in [5.74, 6) is -0.268. The topological polar surface area (TPSA) is 84.9 Å². The number of rotatable bonds is 6. The molecule has 1 aromatic carbocycles. The third kappa shape index (κ3) is 5.16. The summed E-state index contributed by atoms with van der Waals surface area (Å²) in [4.78, 5) is 37.7. The Bertz CT molecular complexity index is 820. The van der Waals surface area contributed by atoms with Crippen molar-refractivity contribution in [2.24, 2.45) is 5.92 Å². The van der Waals surface area contributed by atoms with Gasteiger partial charge in [0.2, 0.25) is 5.91 Å². The minimum absolute atomic E-state index is 0.0158. The van der Waals surface area contributed by atoms with Gasteiger partial charge in [0.05, 0.1) is 20.3 Å². The van der Waals surface area contributed by atoms with Crippen molar-refractivity contribution in [3.63, 3.8) is 0 Å². The van der Waals surface area contributed by atoms with Gasteiger partial charge in [-0.2, -0.15) is 0 Å². The van der Waals surface area contributed by atoms with Gasteiger partial charge in [0.1, 0.15) is 5.70 Å². The van der Waals surface area contributed by atoms with Crippen molar-refractivity contribution in [3.8, 4) is 0 Å². The number of nitrogens with one attached hydrogen (secondary N) is 1. The monoisotopic (exact) mass is 400 g/mol. The fourth-order valence-electron chi connectivity index (χ4n) is 3.68. The van der Waals surface area contributed by atoms with E-state index in [9.17, 15) is 14.4 Å². The minimum atomic E-state index is -0.647. The molecule has 1 amide bonds. The largest absolute Gasteiger partial charge is 0.466 e. The first kappa shape index (κ1) is 20.9. The molecule has 1 N–H and O–H groups in total. The maximum absolute atomic E-state index is 12.2. The fraction of sp³-hybridized carbons (Fsp3) is 0.500. The van der Waals surface area contributed by atoms with E-state index < -0.39 is 11.9 Å². The lowest BCUT2D eigenvalue weighted by Crippen LogP contribution is -2.38. The second-order valence-electron chi connectivity index (χ2n) is 7.65. The van der Waals surface area contributed by atoms with E-state index in [1.165, 1.54) is 19.8 Å². The number of hydrogen-bond acceptors (Lipinski definition) is 6. The summed E-state index contributed by atoms with van der Waals surface area (Å²) in [5, 5.41) is 2.97. The Labute approximate surface area is 171 Å². The van der Waals surface area contributed by atoms with E-state index in [0.717, 1.165) is 56.1 Å². The molecule has 0 atom stereocenters. The molecule has 1 aromatic rings. The smallest absolute Gasteiger partial charge is 0.354 e. The molecule has 7 nitrogen and oxygen atoms in total. The number of benzene rings is 1. The molecule has 1 saturated heterocycles. The number of likely N-dealkylation sites (tertiary alicyclic amines) is 1. The van der Waals surface area contributed by atoms with Crippen LogP contribution in [0.5, 0.6) is 0 Å². The van der Waals surface area contributed by atoms with Crippen molar-refractivity contribution in [2.75, 3.05) is 32.6 Å². The Kier molecular flexibility index (Phi) is 6.56. The summed E-state index contributed by atoms with van der Waals surface area (Å²) in [5.41, 5.74) is 2.92. The molecule has 2 fully saturated rings. The summed E-state index contributed by atoms with van der Waals surface area (Å²) in [6, 6.07) is 6.03. The molecular weight excluding hydrogens is 372 g/mol. The number of esters is 2. The Morgan fingerprint density at radius 3 is 2.31 bits per heavy atom. The van der Waals surface area contributed by atoms with Gasteiger partial charge in [-0.25, -0.2) is 9.59 Å². The van der Waals surface area contributed by atoms with Crippen LogP contribution < -0.4 is 5.32 Å². The quantitative estimate of drug-likeness (QED) is 0.584. The lowest BCUT2D eigenvalue weighted by Gasteiger charge is -2.32. The van der Waals surface area contributed by atoms with Gasteiger partial charge in [0, 0.05) is 24.7 Å². The second-order valence-corrected chi connectivity index (χ2v) is 7.65. The van der Waals surface area contributed by atoms with E-state index in [0.29, 0.717) is 11.8 Å². The number of carbonyl (C=O) groups excluding carboxylic acids is 3. The van der Waals surface area contributed by atoms with E-state index in [2.05, 4.69) is 16.1 Å². The first-order chi connectivity index (χ1) is 13.9. The average molecular weight is 400 g/mol. The molecule has 29 heavy (non-hydrogen) atoms. The molecule has 1 heterocycles. The van der Waals surface area contributed by atoms with Crippen LogP contribution in [0.15, 0.2) is 30.0 Å². The van der Waals surface area contributed by atoms with Gasteiger partial charge >= 0.3 is 11.9 Å². The molecular formula is C22H28N2O5. The van der Waals surface area contributed by atoms with Crippen molar-refractivity contribution in [1.82, 2.24) is 4.90 Å². The highest BCUT2D eigenvalue weighted by Crippen LogP contribution is 2.35. The van der Waals surface area contributed by atoms with Crippen LogP contribution in [0.4, 0.5) is 5.69 Å². The molecule has 0 unspecified atom stereocenters. The van der Waals surface area contributed by atoms with Gasteiger partial charge < -0.3 is 19.7 Å². The molecule has 7 heteroatoms. The van der Waals surface area contributed by atoms with Crippen LogP contribution >= 0.6 is 0 Å². The van der Waals surface area contributed by atoms with E-state index in [1.807, 2.05) is 24.0 Å². The molecule has 156 valence electrons. The number of methoxy groups -OCH3 is 2. The Balaban J connectivity index is 1.66. The van der Waals surface area contributed by atoms with Crippen LogP contribution in [-0.2, 0) is 23.9 Å². The lowest BCUT2D eigenvalue weighted by atomic mass is 9.88. The Morgan fingerprint density at radius 1 is 1.07 bits per heavy atom. The van der Waals surface area contributed by atoms with Crippen LogP contribution in [0.2, 0.25) is 0 Å². The van der Waals surface area contributed by atoms with Crippen molar-refractivity contribution in [1.29, 1.82) is 0 Å². The van der Waals surface area contributed by atoms with Crippen molar-refractivity contribution in [3.05, 3.63) is 41.1 Å². The van der Waals surface area contributed by atoms with Crippen LogP contribution in [0.3, 0.4) is 0 Å². The van der Waals surface area contributed by atoms with Gasteiger partial charge in [0.25, 0.3) is 0 Å². The van der Waals surface area contributed by atoms with Gasteiger partial charge in [-0.15, -0.1) is 0 Å². The molecule has 0 radical (unpaired) electrons. The number of amides is 1. The Morgan fingerprint density at radius 2 is 1.76 bits per heavy atom. The number of piperidine rings is 1. The molecule has 0 aromatic heterocycles. The standard InChI is InChI=1S/C22H28N2O5/c1-14-12-17(15-8-10-24(11-9-15)21(26)16-4-5-16)6-7-18(14)23-19(22(27)29-3)13-20(25)28-2/h6-7,12-13,15-16,23H,4-5,8-11H2,1-3H3/b19-13+. The van der Waals surface area contributed by atoms with Crippen LogP contribution in [0, 0.1) is 12.8 Å². The summed E-state index contributed by atoms with van der Waals surface area (Å²) in [7, 11) is 2.50. The second kappa shape index (κ2) is 9.11. The summed E-state index contributed by atoms with van der Waals surface area (Å²) >= 11 is 0. The number of anilines is 1. The van der Waals surface area contributed by atoms with Crippen LogP contribution in [0.1, 0.15) is 42.7 Å². The highest BCUT2D eigenvalue weighted by atomic mass is 16.5. The van der Waals surface area contributed by atoms with E-state index >= 15 is 0 Å². The molecule has 1 aliphatic heterocycles. The van der Waals surface area contributed by atoms with Gasteiger partial charge in [0.15, 0.2) is 0 Å². The zero-order valence-electron chi connectivity index (χ0n) is 17.2. The fourth-order valence-corrected chi connectivity index (χ4v) is 3.68. The Hall–Kier alpha value is -2.83. The first-order valence-electron chi connectivity index (χ1n) is 9.97. The van der Waals surface area contributed by atoms with Crippen molar-refractivity contribution in [2.45, 2.75) is 38.5 Å². The summed E-state index contributed by atoms with van der Waals surface area (Å²) in [6.45, 7) is 3.57. The van der Waals surface area contributed by atoms with Crippen LogP contribution in [-0.4, -0.2) is 50.1 Å². The van der Waals surface area contributed by atoms with Crippen molar-refractivity contribution < 1.29 is 23.9 Å². The molecule has 0 bridgehead atoms. The van der Waals surface area contributed by atoms with Crippen molar-refractivity contribution >= 4 is 23.5 Å².